The van der Waals surface area contributed by atoms with E-state index in [2.05, 4.69) is 10.3 Å². The lowest BCUT2D eigenvalue weighted by Crippen LogP contribution is -2.30. The maximum absolute atomic E-state index is 12.1. The number of halogens is 1. The zero-order valence-electron chi connectivity index (χ0n) is 14.0. The number of pyridine rings is 1. The lowest BCUT2D eigenvalue weighted by molar-refractivity contribution is -0.153. The van der Waals surface area contributed by atoms with Crippen LogP contribution in [0, 0.1) is 0 Å². The molecule has 0 bridgehead atoms. The highest BCUT2D eigenvalue weighted by atomic mass is 35.5. The number of carbonyl (C=O) groups excluding carboxylic acids is 2. The van der Waals surface area contributed by atoms with Crippen molar-refractivity contribution < 1.29 is 19.1 Å². The minimum atomic E-state index is -0.931. The summed E-state index contributed by atoms with van der Waals surface area (Å²) in [6.45, 7) is 1.50. The van der Waals surface area contributed by atoms with Gasteiger partial charge in [0.15, 0.2) is 11.3 Å². The first kappa shape index (κ1) is 18.7. The number of esters is 1. The number of amides is 1. The van der Waals surface area contributed by atoms with E-state index >= 15 is 0 Å². The van der Waals surface area contributed by atoms with E-state index in [1.165, 1.54) is 13.1 Å². The van der Waals surface area contributed by atoms with Crippen LogP contribution in [0.1, 0.15) is 18.9 Å². The molecule has 6 nitrogen and oxygen atoms in total. The number of anilines is 1. The zero-order chi connectivity index (χ0) is 18.2. The van der Waals surface area contributed by atoms with Crippen molar-refractivity contribution >= 4 is 29.2 Å². The normalized spacial score (nSPS) is 11.5. The van der Waals surface area contributed by atoms with Gasteiger partial charge >= 0.3 is 5.97 Å². The Kier molecular flexibility index (Phi) is 6.77. The number of aryl methyl sites for hydroxylation is 1. The molecule has 1 heterocycles. The van der Waals surface area contributed by atoms with E-state index in [1.54, 1.807) is 19.2 Å². The number of rotatable bonds is 7. The molecule has 0 aliphatic carbocycles. The summed E-state index contributed by atoms with van der Waals surface area (Å²) in [4.78, 5) is 27.8. The summed E-state index contributed by atoms with van der Waals surface area (Å²) in [5, 5.41) is 2.75. The molecule has 1 N–H and O–H groups in total. The average Bonchev–Trinajstić information content (AvgIpc) is 2.62. The van der Waals surface area contributed by atoms with Crippen LogP contribution in [-0.4, -0.2) is 30.1 Å². The molecule has 0 fully saturated rings. The number of hydrogen-bond donors (Lipinski definition) is 1. The third kappa shape index (κ3) is 5.76. The van der Waals surface area contributed by atoms with E-state index in [-0.39, 0.29) is 11.6 Å². The molecule has 0 aliphatic heterocycles. The molecule has 1 amide bonds. The van der Waals surface area contributed by atoms with Crippen molar-refractivity contribution in [2.75, 3.05) is 12.4 Å². The number of aromatic nitrogens is 1. The van der Waals surface area contributed by atoms with Crippen molar-refractivity contribution in [2.45, 2.75) is 25.9 Å². The molecule has 1 aromatic heterocycles. The molecule has 1 aromatic carbocycles. The third-order valence-electron chi connectivity index (χ3n) is 3.47. The third-order valence-corrected chi connectivity index (χ3v) is 3.77. The standard InChI is InChI=1S/C18H19ClN2O4/c1-12(18(23)21-15-4-3-11-20-17(15)19)25-16(22)10-7-13-5-8-14(24-2)9-6-13/h3-6,8-9,11-12H,7,10H2,1-2H3,(H,21,23). The highest BCUT2D eigenvalue weighted by Gasteiger charge is 2.18. The predicted octanol–water partition coefficient (Wildman–Crippen LogP) is 3.25. The summed E-state index contributed by atoms with van der Waals surface area (Å²) in [5.74, 6) is -0.158. The number of nitrogens with one attached hydrogen (secondary N) is 1. The predicted molar refractivity (Wildman–Crippen MR) is 94.7 cm³/mol. The summed E-state index contributed by atoms with van der Waals surface area (Å²) in [7, 11) is 1.59. The van der Waals surface area contributed by atoms with Crippen LogP contribution < -0.4 is 10.1 Å². The first-order valence-corrected chi connectivity index (χ1v) is 8.11. The Bertz CT molecular complexity index is 734. The van der Waals surface area contributed by atoms with Gasteiger partial charge in [-0.2, -0.15) is 0 Å². The maximum atomic E-state index is 12.1. The van der Waals surface area contributed by atoms with Crippen molar-refractivity contribution in [1.29, 1.82) is 0 Å². The molecule has 0 aliphatic rings. The first-order valence-electron chi connectivity index (χ1n) is 7.73. The van der Waals surface area contributed by atoms with Crippen LogP contribution in [-0.2, 0) is 20.7 Å². The summed E-state index contributed by atoms with van der Waals surface area (Å²) in [6, 6.07) is 10.7. The zero-order valence-corrected chi connectivity index (χ0v) is 14.7. The first-order chi connectivity index (χ1) is 12.0. The molecular weight excluding hydrogens is 344 g/mol. The van der Waals surface area contributed by atoms with E-state index < -0.39 is 18.0 Å². The van der Waals surface area contributed by atoms with E-state index in [9.17, 15) is 9.59 Å². The van der Waals surface area contributed by atoms with Gasteiger partial charge in [0.25, 0.3) is 5.91 Å². The number of nitrogens with zero attached hydrogens (tertiary/aromatic N) is 1. The van der Waals surface area contributed by atoms with E-state index in [4.69, 9.17) is 21.1 Å². The minimum Gasteiger partial charge on any atom is -0.497 e. The maximum Gasteiger partial charge on any atom is 0.306 e. The number of benzene rings is 1. The second-order valence-electron chi connectivity index (χ2n) is 5.31. The second-order valence-corrected chi connectivity index (χ2v) is 5.67. The molecule has 25 heavy (non-hydrogen) atoms. The quantitative estimate of drug-likeness (QED) is 0.604. The van der Waals surface area contributed by atoms with Gasteiger partial charge in [-0.25, -0.2) is 4.98 Å². The Labute approximate surface area is 151 Å². The summed E-state index contributed by atoms with van der Waals surface area (Å²) in [5.41, 5.74) is 1.35. The van der Waals surface area contributed by atoms with Gasteiger partial charge in [-0.05, 0) is 43.2 Å². The fourth-order valence-electron chi connectivity index (χ4n) is 2.06. The van der Waals surface area contributed by atoms with E-state index in [0.717, 1.165) is 11.3 Å². The number of ether oxygens (including phenoxy) is 2. The van der Waals surface area contributed by atoms with Gasteiger partial charge in [0.2, 0.25) is 0 Å². The Hall–Kier alpha value is -2.60. The van der Waals surface area contributed by atoms with Crippen molar-refractivity contribution in [3.05, 3.63) is 53.3 Å². The van der Waals surface area contributed by atoms with Crippen LogP contribution in [0.4, 0.5) is 5.69 Å². The van der Waals surface area contributed by atoms with Gasteiger partial charge < -0.3 is 14.8 Å². The highest BCUT2D eigenvalue weighted by Crippen LogP contribution is 2.18. The molecule has 0 spiro atoms. The van der Waals surface area contributed by atoms with Crippen LogP contribution >= 0.6 is 11.6 Å². The molecule has 1 atom stereocenters. The SMILES string of the molecule is COc1ccc(CCC(=O)OC(C)C(=O)Nc2cccnc2Cl)cc1. The van der Waals surface area contributed by atoms with Crippen molar-refractivity contribution in [2.24, 2.45) is 0 Å². The van der Waals surface area contributed by atoms with Crippen LogP contribution in [0.3, 0.4) is 0 Å². The fraction of sp³-hybridized carbons (Fsp3) is 0.278. The molecule has 0 radical (unpaired) electrons. The molecule has 2 aromatic rings. The minimum absolute atomic E-state index is 0.175. The van der Waals surface area contributed by atoms with Crippen molar-refractivity contribution in [1.82, 2.24) is 4.98 Å². The molecule has 132 valence electrons. The monoisotopic (exact) mass is 362 g/mol. The molecule has 1 unspecified atom stereocenters. The Balaban J connectivity index is 1.80. The van der Waals surface area contributed by atoms with Crippen molar-refractivity contribution in [3.63, 3.8) is 0 Å². The van der Waals surface area contributed by atoms with Crippen LogP contribution in [0.5, 0.6) is 5.75 Å². The van der Waals surface area contributed by atoms with Gasteiger partial charge in [-0.15, -0.1) is 0 Å². The number of hydrogen-bond acceptors (Lipinski definition) is 5. The Morgan fingerprint density at radius 3 is 2.60 bits per heavy atom. The summed E-state index contributed by atoms with van der Waals surface area (Å²) in [6.07, 6.45) is 1.28. The molecule has 7 heteroatoms. The summed E-state index contributed by atoms with van der Waals surface area (Å²) < 4.78 is 10.2. The van der Waals surface area contributed by atoms with Crippen molar-refractivity contribution in [3.8, 4) is 5.75 Å². The average molecular weight is 363 g/mol. The lowest BCUT2D eigenvalue weighted by Gasteiger charge is -2.14. The number of methoxy groups -OCH3 is 1. The highest BCUT2D eigenvalue weighted by molar-refractivity contribution is 6.32. The largest absolute Gasteiger partial charge is 0.497 e. The molecular formula is C18H19ClN2O4. The van der Waals surface area contributed by atoms with Crippen LogP contribution in [0.15, 0.2) is 42.6 Å². The lowest BCUT2D eigenvalue weighted by atomic mass is 10.1. The van der Waals surface area contributed by atoms with E-state index in [1.807, 2.05) is 24.3 Å². The topological polar surface area (TPSA) is 77.5 Å². The van der Waals surface area contributed by atoms with Gasteiger partial charge in [0, 0.05) is 12.6 Å². The Morgan fingerprint density at radius 2 is 1.96 bits per heavy atom. The fourth-order valence-corrected chi connectivity index (χ4v) is 2.23. The molecule has 0 saturated heterocycles. The number of carbonyl (C=O) groups is 2. The van der Waals surface area contributed by atoms with Gasteiger partial charge in [0.05, 0.1) is 12.8 Å². The van der Waals surface area contributed by atoms with Crippen LogP contribution in [0.25, 0.3) is 0 Å². The van der Waals surface area contributed by atoms with Gasteiger partial charge in [-0.1, -0.05) is 23.7 Å². The van der Waals surface area contributed by atoms with Gasteiger partial charge in [-0.3, -0.25) is 9.59 Å². The molecule has 0 saturated carbocycles. The van der Waals surface area contributed by atoms with E-state index in [0.29, 0.717) is 12.1 Å². The van der Waals surface area contributed by atoms with Crippen LogP contribution in [0.2, 0.25) is 5.15 Å². The second kappa shape index (κ2) is 9.03. The molecule has 2 rings (SSSR count). The van der Waals surface area contributed by atoms with Gasteiger partial charge in [0.1, 0.15) is 5.75 Å². The smallest absolute Gasteiger partial charge is 0.306 e. The Morgan fingerprint density at radius 1 is 1.24 bits per heavy atom. The summed E-state index contributed by atoms with van der Waals surface area (Å²) >= 11 is 5.88.